The Morgan fingerprint density at radius 3 is 2.00 bits per heavy atom. The summed E-state index contributed by atoms with van der Waals surface area (Å²) in [5.41, 5.74) is 8.30. The quantitative estimate of drug-likeness (QED) is 0.283. The van der Waals surface area contributed by atoms with Gasteiger partial charge in [-0.2, -0.15) is 0 Å². The maximum atomic E-state index is 5.09. The number of imidazole rings is 1. The van der Waals surface area contributed by atoms with Crippen molar-refractivity contribution in [2.24, 2.45) is 0 Å². The molecule has 0 fully saturated rings. The fourth-order valence-corrected chi connectivity index (χ4v) is 6.80. The molecule has 2 nitrogen and oxygen atoms in total. The SMILES string of the molecule is C=C/C=C1\c2c(C)c3ccccc3c3nc(C)c(n23)SC1(c1ccccc1)c1ccccc1. The van der Waals surface area contributed by atoms with Crippen LogP contribution in [-0.2, 0) is 4.75 Å². The van der Waals surface area contributed by atoms with E-state index in [1.165, 1.54) is 43.8 Å². The van der Waals surface area contributed by atoms with E-state index in [4.69, 9.17) is 4.98 Å². The van der Waals surface area contributed by atoms with Crippen LogP contribution in [0.5, 0.6) is 0 Å². The number of hydrogen-bond acceptors (Lipinski definition) is 2. The highest BCUT2D eigenvalue weighted by molar-refractivity contribution is 8.01. The number of thioether (sulfide) groups is 1. The van der Waals surface area contributed by atoms with E-state index < -0.39 is 4.75 Å². The van der Waals surface area contributed by atoms with Gasteiger partial charge in [0.05, 0.1) is 16.1 Å². The Bertz CT molecular complexity index is 1520. The minimum absolute atomic E-state index is 0.419. The zero-order valence-electron chi connectivity index (χ0n) is 18.7. The molecular formula is C30H24N2S. The fraction of sp³-hybridized carbons (Fsp3) is 0.100. The highest BCUT2D eigenvalue weighted by Gasteiger charge is 2.46. The lowest BCUT2D eigenvalue weighted by atomic mass is 9.80. The van der Waals surface area contributed by atoms with Crippen molar-refractivity contribution in [3.8, 4) is 0 Å². The summed E-state index contributed by atoms with van der Waals surface area (Å²) in [6, 6.07) is 30.3. The zero-order chi connectivity index (χ0) is 22.6. The number of aryl methyl sites for hydroxylation is 2. The van der Waals surface area contributed by atoms with Crippen LogP contribution < -0.4 is 0 Å². The van der Waals surface area contributed by atoms with Crippen molar-refractivity contribution in [1.29, 1.82) is 0 Å². The standard InChI is InChI=1S/C30H24N2S/c1-4-13-26-27-20(2)24-18-11-12-19-25(24)28-31-21(3)29(32(27)28)33-30(26,22-14-7-5-8-15-22)23-16-9-6-10-17-23/h4-19H,1H2,2-3H3/b26-13+. The summed E-state index contributed by atoms with van der Waals surface area (Å²) in [4.78, 5) is 5.09. The van der Waals surface area contributed by atoms with E-state index in [0.717, 1.165) is 11.3 Å². The lowest BCUT2D eigenvalue weighted by Crippen LogP contribution is -2.30. The molecule has 3 heterocycles. The van der Waals surface area contributed by atoms with Crippen molar-refractivity contribution >= 4 is 33.8 Å². The van der Waals surface area contributed by atoms with Crippen molar-refractivity contribution in [2.45, 2.75) is 23.6 Å². The molecule has 0 spiro atoms. The molecule has 0 bridgehead atoms. The van der Waals surface area contributed by atoms with E-state index >= 15 is 0 Å². The van der Waals surface area contributed by atoms with Crippen LogP contribution in [0.1, 0.15) is 28.1 Å². The number of fused-ring (bicyclic) bond motifs is 2. The van der Waals surface area contributed by atoms with Gasteiger partial charge >= 0.3 is 0 Å². The van der Waals surface area contributed by atoms with Gasteiger partial charge in [-0.1, -0.05) is 115 Å². The molecule has 0 amide bonds. The summed E-state index contributed by atoms with van der Waals surface area (Å²) in [5.74, 6) is 0. The van der Waals surface area contributed by atoms with Crippen molar-refractivity contribution < 1.29 is 0 Å². The predicted molar refractivity (Wildman–Crippen MR) is 140 cm³/mol. The Hall–Kier alpha value is -3.56. The van der Waals surface area contributed by atoms with Gasteiger partial charge < -0.3 is 0 Å². The third-order valence-electron chi connectivity index (χ3n) is 6.68. The van der Waals surface area contributed by atoms with E-state index in [-0.39, 0.29) is 0 Å². The molecule has 0 atom stereocenters. The van der Waals surface area contributed by atoms with Crippen molar-refractivity contribution in [3.05, 3.63) is 132 Å². The van der Waals surface area contributed by atoms with Gasteiger partial charge in [0.2, 0.25) is 0 Å². The van der Waals surface area contributed by atoms with Gasteiger partial charge in [-0.25, -0.2) is 4.98 Å². The molecule has 1 aliphatic heterocycles. The molecule has 3 heteroatoms. The van der Waals surface area contributed by atoms with Crippen LogP contribution in [0.15, 0.2) is 109 Å². The molecule has 33 heavy (non-hydrogen) atoms. The van der Waals surface area contributed by atoms with Crippen LogP contribution in [0.2, 0.25) is 0 Å². The highest BCUT2D eigenvalue weighted by Crippen LogP contribution is 2.59. The maximum Gasteiger partial charge on any atom is 0.146 e. The Morgan fingerprint density at radius 2 is 1.39 bits per heavy atom. The monoisotopic (exact) mass is 444 g/mol. The van der Waals surface area contributed by atoms with Crippen LogP contribution in [0, 0.1) is 13.8 Å². The molecule has 160 valence electrons. The maximum absolute atomic E-state index is 5.09. The lowest BCUT2D eigenvalue weighted by molar-refractivity contribution is 0.873. The Balaban J connectivity index is 1.83. The van der Waals surface area contributed by atoms with Gasteiger partial charge in [0.25, 0.3) is 0 Å². The van der Waals surface area contributed by atoms with Gasteiger partial charge in [0, 0.05) is 11.0 Å². The largest absolute Gasteiger partial charge is 0.286 e. The summed E-state index contributed by atoms with van der Waals surface area (Å²) in [7, 11) is 0. The second-order valence-corrected chi connectivity index (χ2v) is 9.72. The van der Waals surface area contributed by atoms with Crippen LogP contribution in [-0.4, -0.2) is 9.38 Å². The molecule has 2 aromatic heterocycles. The second kappa shape index (κ2) is 7.50. The summed E-state index contributed by atoms with van der Waals surface area (Å²) >= 11 is 1.89. The lowest BCUT2D eigenvalue weighted by Gasteiger charge is -2.41. The molecule has 3 aromatic carbocycles. The summed E-state index contributed by atoms with van der Waals surface area (Å²) < 4.78 is 1.95. The van der Waals surface area contributed by atoms with Gasteiger partial charge in [0.1, 0.15) is 10.7 Å². The minimum atomic E-state index is -0.419. The number of hydrogen-bond donors (Lipinski definition) is 0. The molecular weight excluding hydrogens is 420 g/mol. The van der Waals surface area contributed by atoms with Crippen LogP contribution in [0.4, 0.5) is 0 Å². The average Bonchev–Trinajstić information content (AvgIpc) is 3.20. The Morgan fingerprint density at radius 1 is 0.818 bits per heavy atom. The number of aromatic nitrogens is 2. The first-order valence-corrected chi connectivity index (χ1v) is 12.0. The second-order valence-electron chi connectivity index (χ2n) is 8.51. The number of allylic oxidation sites excluding steroid dienone is 2. The number of benzene rings is 3. The molecule has 0 saturated heterocycles. The molecule has 0 radical (unpaired) electrons. The number of rotatable bonds is 3. The van der Waals surface area contributed by atoms with Gasteiger partial charge in [-0.05, 0) is 35.9 Å². The molecule has 0 saturated carbocycles. The van der Waals surface area contributed by atoms with Gasteiger partial charge in [-0.3, -0.25) is 4.40 Å². The first-order valence-electron chi connectivity index (χ1n) is 11.2. The molecule has 0 unspecified atom stereocenters. The topological polar surface area (TPSA) is 17.3 Å². The summed E-state index contributed by atoms with van der Waals surface area (Å²) in [6.45, 7) is 8.49. The summed E-state index contributed by atoms with van der Waals surface area (Å²) in [6.07, 6.45) is 4.12. The predicted octanol–water partition coefficient (Wildman–Crippen LogP) is 7.72. The summed E-state index contributed by atoms with van der Waals surface area (Å²) in [5, 5.41) is 3.63. The normalized spacial score (nSPS) is 15.9. The molecule has 6 rings (SSSR count). The van der Waals surface area contributed by atoms with Crippen LogP contribution >= 0.6 is 11.8 Å². The Labute approximate surface area is 198 Å². The third kappa shape index (κ3) is 2.72. The fourth-order valence-electron chi connectivity index (χ4n) is 5.27. The Kier molecular flexibility index (Phi) is 4.56. The molecule has 0 aliphatic carbocycles. The van der Waals surface area contributed by atoms with Gasteiger partial charge in [-0.15, -0.1) is 0 Å². The van der Waals surface area contributed by atoms with E-state index in [0.29, 0.717) is 0 Å². The minimum Gasteiger partial charge on any atom is -0.286 e. The average molecular weight is 445 g/mol. The molecule has 0 N–H and O–H groups in total. The van der Waals surface area contributed by atoms with Crippen molar-refractivity contribution in [3.63, 3.8) is 0 Å². The van der Waals surface area contributed by atoms with Crippen molar-refractivity contribution in [2.75, 3.05) is 0 Å². The first kappa shape index (κ1) is 20.1. The van der Waals surface area contributed by atoms with Gasteiger partial charge in [0.15, 0.2) is 0 Å². The number of pyridine rings is 1. The third-order valence-corrected chi connectivity index (χ3v) is 8.35. The van der Waals surface area contributed by atoms with E-state index in [9.17, 15) is 0 Å². The van der Waals surface area contributed by atoms with E-state index in [1.807, 2.05) is 17.8 Å². The van der Waals surface area contributed by atoms with E-state index in [1.54, 1.807) is 0 Å². The van der Waals surface area contributed by atoms with E-state index in [2.05, 4.69) is 116 Å². The number of nitrogens with zero attached hydrogens (tertiary/aromatic N) is 2. The van der Waals surface area contributed by atoms with Crippen LogP contribution in [0.25, 0.3) is 22.0 Å². The first-order chi connectivity index (χ1) is 16.2. The smallest absolute Gasteiger partial charge is 0.146 e. The zero-order valence-corrected chi connectivity index (χ0v) is 19.6. The van der Waals surface area contributed by atoms with Crippen molar-refractivity contribution in [1.82, 2.24) is 9.38 Å². The molecule has 5 aromatic rings. The highest BCUT2D eigenvalue weighted by atomic mass is 32.2. The molecule has 1 aliphatic rings. The van der Waals surface area contributed by atoms with Crippen LogP contribution in [0.3, 0.4) is 0 Å².